The highest BCUT2D eigenvalue weighted by Crippen LogP contribution is 2.28. The van der Waals surface area contributed by atoms with Crippen molar-refractivity contribution < 1.29 is 21.6 Å². The van der Waals surface area contributed by atoms with Crippen molar-refractivity contribution in [3.63, 3.8) is 0 Å². The van der Waals surface area contributed by atoms with Crippen molar-refractivity contribution in [2.75, 3.05) is 13.1 Å². The second-order valence-corrected chi connectivity index (χ2v) is 7.61. The van der Waals surface area contributed by atoms with Gasteiger partial charge in [-0.15, -0.1) is 12.4 Å². The molecule has 2 unspecified atom stereocenters. The van der Waals surface area contributed by atoms with Crippen molar-refractivity contribution >= 4 is 22.4 Å². The Labute approximate surface area is 156 Å². The molecule has 0 aliphatic carbocycles. The van der Waals surface area contributed by atoms with E-state index in [1.54, 1.807) is 0 Å². The average Bonchev–Trinajstić information content (AvgIpc) is 2.58. The lowest BCUT2D eigenvalue weighted by Gasteiger charge is -2.33. The quantitative estimate of drug-likeness (QED) is 0.820. The number of hydrogen-bond donors (Lipinski definition) is 2. The molecular weight excluding hydrogens is 389 g/mol. The summed E-state index contributed by atoms with van der Waals surface area (Å²) in [6.45, 7) is 0.916. The normalized spacial score (nSPS) is 20.4. The standard InChI is InChI=1S/C17H17F3N2O2S.ClH/c18-13-6-5-11(9-15(13)20)12-7-8-21-10-16(12)22-25(23,24)17-4-2-1-3-14(17)19;/h1-6,9,12,16,21-22H,7-8,10H2;1H. The van der Waals surface area contributed by atoms with Crippen LogP contribution in [0.1, 0.15) is 17.9 Å². The monoisotopic (exact) mass is 406 g/mol. The third-order valence-electron chi connectivity index (χ3n) is 4.29. The first-order chi connectivity index (χ1) is 11.9. The zero-order valence-corrected chi connectivity index (χ0v) is 15.2. The van der Waals surface area contributed by atoms with Crippen LogP contribution >= 0.6 is 12.4 Å². The largest absolute Gasteiger partial charge is 0.315 e. The van der Waals surface area contributed by atoms with E-state index in [0.717, 1.165) is 18.2 Å². The van der Waals surface area contributed by atoms with Gasteiger partial charge in [-0.3, -0.25) is 0 Å². The molecule has 2 aromatic rings. The van der Waals surface area contributed by atoms with Crippen LogP contribution in [0.3, 0.4) is 0 Å². The summed E-state index contributed by atoms with van der Waals surface area (Å²) in [5.41, 5.74) is 0.502. The molecule has 0 bridgehead atoms. The molecular formula is C17H18ClF3N2O2S. The molecule has 1 fully saturated rings. The van der Waals surface area contributed by atoms with E-state index in [-0.39, 0.29) is 18.3 Å². The molecule has 0 radical (unpaired) electrons. The highest BCUT2D eigenvalue weighted by molar-refractivity contribution is 7.89. The fourth-order valence-corrected chi connectivity index (χ4v) is 4.41. The van der Waals surface area contributed by atoms with Crippen LogP contribution in [0.25, 0.3) is 0 Å². The van der Waals surface area contributed by atoms with Gasteiger partial charge in [0.05, 0.1) is 0 Å². The maximum absolute atomic E-state index is 13.8. The van der Waals surface area contributed by atoms with E-state index in [0.29, 0.717) is 25.1 Å². The molecule has 1 aliphatic heterocycles. The molecule has 0 saturated carbocycles. The lowest BCUT2D eigenvalue weighted by Crippen LogP contribution is -2.50. The summed E-state index contributed by atoms with van der Waals surface area (Å²) in [5, 5.41) is 3.06. The highest BCUT2D eigenvalue weighted by atomic mass is 35.5. The van der Waals surface area contributed by atoms with E-state index in [9.17, 15) is 21.6 Å². The lowest BCUT2D eigenvalue weighted by molar-refractivity contribution is 0.375. The van der Waals surface area contributed by atoms with Gasteiger partial charge >= 0.3 is 0 Å². The summed E-state index contributed by atoms with van der Waals surface area (Å²) in [7, 11) is -4.08. The molecule has 0 amide bonds. The van der Waals surface area contributed by atoms with Crippen LogP contribution in [0.15, 0.2) is 47.4 Å². The van der Waals surface area contributed by atoms with Gasteiger partial charge in [0.25, 0.3) is 0 Å². The van der Waals surface area contributed by atoms with Gasteiger partial charge in [-0.05, 0) is 42.8 Å². The number of sulfonamides is 1. The third-order valence-corrected chi connectivity index (χ3v) is 5.81. The van der Waals surface area contributed by atoms with Crippen molar-refractivity contribution in [1.82, 2.24) is 10.0 Å². The maximum atomic E-state index is 13.8. The summed E-state index contributed by atoms with van der Waals surface area (Å²) in [4.78, 5) is -0.440. The topological polar surface area (TPSA) is 58.2 Å². The molecule has 2 atom stereocenters. The number of nitrogens with one attached hydrogen (secondary N) is 2. The first-order valence-electron chi connectivity index (χ1n) is 7.81. The molecule has 0 spiro atoms. The molecule has 2 aromatic carbocycles. The zero-order valence-electron chi connectivity index (χ0n) is 13.6. The van der Waals surface area contributed by atoms with Crippen LogP contribution in [-0.2, 0) is 10.0 Å². The van der Waals surface area contributed by atoms with Crippen LogP contribution in [0.4, 0.5) is 13.2 Å². The molecule has 1 aliphatic rings. The first-order valence-corrected chi connectivity index (χ1v) is 9.29. The second-order valence-electron chi connectivity index (χ2n) is 5.93. The molecule has 1 heterocycles. The molecule has 9 heteroatoms. The Balaban J connectivity index is 0.00000243. The van der Waals surface area contributed by atoms with E-state index < -0.39 is 38.4 Å². The van der Waals surface area contributed by atoms with Gasteiger partial charge in [0, 0.05) is 18.5 Å². The van der Waals surface area contributed by atoms with Crippen molar-refractivity contribution in [3.8, 4) is 0 Å². The summed E-state index contributed by atoms with van der Waals surface area (Å²) >= 11 is 0. The molecule has 2 N–H and O–H groups in total. The van der Waals surface area contributed by atoms with Crippen molar-refractivity contribution in [2.45, 2.75) is 23.3 Å². The fourth-order valence-electron chi connectivity index (χ4n) is 3.05. The summed E-state index contributed by atoms with van der Waals surface area (Å²) in [6, 6.07) is 8.03. The number of piperidine rings is 1. The molecule has 4 nitrogen and oxygen atoms in total. The summed E-state index contributed by atoms with van der Waals surface area (Å²) < 4.78 is 68.0. The van der Waals surface area contributed by atoms with Crippen LogP contribution in [0.2, 0.25) is 0 Å². The number of halogens is 4. The Bertz CT molecular complexity index is 880. The van der Waals surface area contributed by atoms with E-state index in [1.165, 1.54) is 24.3 Å². The predicted molar refractivity (Wildman–Crippen MR) is 94.3 cm³/mol. The van der Waals surface area contributed by atoms with Crippen molar-refractivity contribution in [3.05, 3.63) is 65.5 Å². The minimum Gasteiger partial charge on any atom is -0.315 e. The zero-order chi connectivity index (χ0) is 18.0. The predicted octanol–water partition coefficient (Wildman–Crippen LogP) is 2.95. The molecule has 0 aromatic heterocycles. The average molecular weight is 407 g/mol. The minimum absolute atomic E-state index is 0. The highest BCUT2D eigenvalue weighted by Gasteiger charge is 2.31. The van der Waals surface area contributed by atoms with Crippen LogP contribution < -0.4 is 10.0 Å². The minimum atomic E-state index is -4.08. The third kappa shape index (κ3) is 4.37. The van der Waals surface area contributed by atoms with Gasteiger partial charge in [-0.2, -0.15) is 0 Å². The molecule has 26 heavy (non-hydrogen) atoms. The SMILES string of the molecule is Cl.O=S(=O)(NC1CNCCC1c1ccc(F)c(F)c1)c1ccccc1F. The van der Waals surface area contributed by atoms with Gasteiger partial charge < -0.3 is 5.32 Å². The second kappa shape index (κ2) is 8.39. The van der Waals surface area contributed by atoms with E-state index in [1.807, 2.05) is 0 Å². The maximum Gasteiger partial charge on any atom is 0.243 e. The molecule has 1 saturated heterocycles. The van der Waals surface area contributed by atoms with Crippen LogP contribution in [-0.4, -0.2) is 27.5 Å². The van der Waals surface area contributed by atoms with Gasteiger partial charge in [0.1, 0.15) is 10.7 Å². The first kappa shape index (κ1) is 20.7. The van der Waals surface area contributed by atoms with Crippen LogP contribution in [0, 0.1) is 17.5 Å². The lowest BCUT2D eigenvalue weighted by atomic mass is 9.86. The van der Waals surface area contributed by atoms with E-state index >= 15 is 0 Å². The summed E-state index contributed by atoms with van der Waals surface area (Å²) in [5.74, 6) is -3.13. The Morgan fingerprint density at radius 1 is 1.00 bits per heavy atom. The number of rotatable bonds is 4. The molecule has 3 rings (SSSR count). The Hall–Kier alpha value is -1.61. The van der Waals surface area contributed by atoms with E-state index in [2.05, 4.69) is 10.0 Å². The Morgan fingerprint density at radius 2 is 1.73 bits per heavy atom. The van der Waals surface area contributed by atoms with Crippen molar-refractivity contribution in [1.29, 1.82) is 0 Å². The van der Waals surface area contributed by atoms with Crippen molar-refractivity contribution in [2.24, 2.45) is 0 Å². The number of benzene rings is 2. The Morgan fingerprint density at radius 3 is 2.42 bits per heavy atom. The smallest absolute Gasteiger partial charge is 0.243 e. The van der Waals surface area contributed by atoms with Gasteiger partial charge in [-0.25, -0.2) is 26.3 Å². The summed E-state index contributed by atoms with van der Waals surface area (Å²) in [6.07, 6.45) is 0.537. The Kier molecular flexibility index (Phi) is 6.68. The van der Waals surface area contributed by atoms with E-state index in [4.69, 9.17) is 0 Å². The fraction of sp³-hybridized carbons (Fsp3) is 0.294. The molecule has 142 valence electrons. The van der Waals surface area contributed by atoms with Gasteiger partial charge in [-0.1, -0.05) is 18.2 Å². The van der Waals surface area contributed by atoms with Gasteiger partial charge in [0.2, 0.25) is 10.0 Å². The van der Waals surface area contributed by atoms with Gasteiger partial charge in [0.15, 0.2) is 11.6 Å². The number of hydrogen-bond acceptors (Lipinski definition) is 3. The van der Waals surface area contributed by atoms with Crippen LogP contribution in [0.5, 0.6) is 0 Å².